The van der Waals surface area contributed by atoms with Gasteiger partial charge in [-0.05, 0) is 37.4 Å². The molecule has 0 bridgehead atoms. The van der Waals surface area contributed by atoms with Gasteiger partial charge in [-0.15, -0.1) is 0 Å². The number of ether oxygens (including phenoxy) is 1. The maximum Gasteiger partial charge on any atom is 0.341 e. The fourth-order valence-electron chi connectivity index (χ4n) is 5.10. The van der Waals surface area contributed by atoms with Gasteiger partial charge in [0.05, 0.1) is 29.1 Å². The fraction of sp³-hybridized carbons (Fsp3) is 0.200. The van der Waals surface area contributed by atoms with Crippen LogP contribution in [-0.4, -0.2) is 69.3 Å². The second kappa shape index (κ2) is 11.4. The van der Waals surface area contributed by atoms with Gasteiger partial charge in [0.15, 0.2) is 5.65 Å². The lowest BCUT2D eigenvalue weighted by atomic mass is 10.2. The molecule has 0 aliphatic carbocycles. The highest BCUT2D eigenvalue weighted by atomic mass is 16.6. The number of benzene rings is 3. The molecule has 0 spiro atoms. The van der Waals surface area contributed by atoms with Crippen LogP contribution in [0.4, 0.5) is 23.0 Å². The van der Waals surface area contributed by atoms with E-state index in [-0.39, 0.29) is 28.4 Å². The molecule has 43 heavy (non-hydrogen) atoms. The van der Waals surface area contributed by atoms with Gasteiger partial charge in [0, 0.05) is 56.3 Å². The molecule has 5 aromatic rings. The van der Waals surface area contributed by atoms with E-state index < -0.39 is 16.2 Å². The number of fused-ring (bicyclic) bond motifs is 1. The molecule has 6 rings (SSSR count). The van der Waals surface area contributed by atoms with Gasteiger partial charge in [-0.3, -0.25) is 14.9 Å². The van der Waals surface area contributed by atoms with Crippen LogP contribution in [0.3, 0.4) is 0 Å². The second-order valence-electron chi connectivity index (χ2n) is 10.1. The third-order valence-electron chi connectivity index (χ3n) is 7.41. The Kier molecular flexibility index (Phi) is 7.30. The summed E-state index contributed by atoms with van der Waals surface area (Å²) in [7, 11) is 3.67. The van der Waals surface area contributed by atoms with E-state index in [4.69, 9.17) is 4.74 Å². The number of nitro benzene ring substituents is 1. The number of hydrogen-bond donors (Lipinski definition) is 1. The van der Waals surface area contributed by atoms with E-state index in [0.717, 1.165) is 36.4 Å². The van der Waals surface area contributed by atoms with Crippen molar-refractivity contribution in [2.45, 2.75) is 0 Å². The summed E-state index contributed by atoms with van der Waals surface area (Å²) in [6.45, 7) is 3.72. The summed E-state index contributed by atoms with van der Waals surface area (Å²) in [5, 5.41) is 14.7. The Morgan fingerprint density at radius 3 is 2.35 bits per heavy atom. The van der Waals surface area contributed by atoms with Crippen molar-refractivity contribution in [1.29, 1.82) is 0 Å². The molecule has 3 heterocycles. The molecule has 13 heteroatoms. The van der Waals surface area contributed by atoms with Crippen LogP contribution in [0.25, 0.3) is 22.4 Å². The first-order chi connectivity index (χ1) is 20.8. The number of rotatable bonds is 7. The molecule has 1 aliphatic rings. The summed E-state index contributed by atoms with van der Waals surface area (Å²) in [4.78, 5) is 52.0. The van der Waals surface area contributed by atoms with Crippen LogP contribution in [-0.2, 0) is 0 Å². The van der Waals surface area contributed by atoms with Gasteiger partial charge in [0.1, 0.15) is 11.1 Å². The number of methoxy groups -OCH3 is 1. The maximum absolute atomic E-state index is 13.9. The molecule has 1 aliphatic heterocycles. The monoisotopic (exact) mass is 580 g/mol. The number of non-ortho nitro benzene ring substituents is 1. The molecule has 0 amide bonds. The van der Waals surface area contributed by atoms with Gasteiger partial charge >= 0.3 is 5.69 Å². The van der Waals surface area contributed by atoms with Crippen LogP contribution in [0.15, 0.2) is 88.6 Å². The standard InChI is InChI=1S/C30H28N8O5/c1-34-13-15-35(16-14-34)21-11-12-25(26(18-21)43-2)32-29-31-19-24-27(33-29)36(22-9-6-10-23(17-22)38(41)42)30(40)37(28(24)39)20-7-4-3-5-8-20/h3-12,17-19H,13-16H2,1-2H3,(H,31,32,33). The van der Waals surface area contributed by atoms with E-state index in [1.54, 1.807) is 43.5 Å². The first kappa shape index (κ1) is 27.6. The van der Waals surface area contributed by atoms with E-state index in [1.165, 1.54) is 29.0 Å². The van der Waals surface area contributed by atoms with E-state index in [1.807, 2.05) is 18.2 Å². The highest BCUT2D eigenvalue weighted by Crippen LogP contribution is 2.32. The Balaban J connectivity index is 1.48. The van der Waals surface area contributed by atoms with E-state index in [0.29, 0.717) is 17.1 Å². The van der Waals surface area contributed by atoms with Crippen LogP contribution in [0.1, 0.15) is 0 Å². The zero-order valence-electron chi connectivity index (χ0n) is 23.5. The largest absolute Gasteiger partial charge is 0.494 e. The number of hydrogen-bond acceptors (Lipinski definition) is 10. The molecule has 0 saturated carbocycles. The summed E-state index contributed by atoms with van der Waals surface area (Å²) in [5.41, 5.74) is 0.549. The fourth-order valence-corrected chi connectivity index (χ4v) is 5.10. The number of nitro groups is 1. The van der Waals surface area contributed by atoms with Gasteiger partial charge in [-0.25, -0.2) is 18.9 Å². The summed E-state index contributed by atoms with van der Waals surface area (Å²) in [6, 6.07) is 19.8. The van der Waals surface area contributed by atoms with Crippen molar-refractivity contribution in [1.82, 2.24) is 24.0 Å². The van der Waals surface area contributed by atoms with E-state index in [9.17, 15) is 19.7 Å². The smallest absolute Gasteiger partial charge is 0.341 e. The number of para-hydroxylation sites is 1. The van der Waals surface area contributed by atoms with Crippen molar-refractivity contribution >= 4 is 34.0 Å². The van der Waals surface area contributed by atoms with Crippen molar-refractivity contribution in [3.63, 3.8) is 0 Å². The first-order valence-corrected chi connectivity index (χ1v) is 13.6. The van der Waals surface area contributed by atoms with E-state index in [2.05, 4.69) is 32.1 Å². The highest BCUT2D eigenvalue weighted by Gasteiger charge is 2.21. The molecule has 1 fully saturated rings. The van der Waals surface area contributed by atoms with Gasteiger partial charge in [-0.1, -0.05) is 24.3 Å². The summed E-state index contributed by atoms with van der Waals surface area (Å²) in [6.07, 6.45) is 1.34. The maximum atomic E-state index is 13.9. The van der Waals surface area contributed by atoms with Crippen molar-refractivity contribution in [3.8, 4) is 17.1 Å². The summed E-state index contributed by atoms with van der Waals surface area (Å²) < 4.78 is 7.84. The number of piperazine rings is 1. The van der Waals surface area contributed by atoms with E-state index >= 15 is 0 Å². The third-order valence-corrected chi connectivity index (χ3v) is 7.41. The molecule has 0 radical (unpaired) electrons. The minimum atomic E-state index is -0.733. The highest BCUT2D eigenvalue weighted by molar-refractivity contribution is 5.78. The minimum Gasteiger partial charge on any atom is -0.494 e. The predicted molar refractivity (Wildman–Crippen MR) is 163 cm³/mol. The Labute approximate surface area is 245 Å². The lowest BCUT2D eigenvalue weighted by molar-refractivity contribution is -0.384. The molecule has 0 unspecified atom stereocenters. The van der Waals surface area contributed by atoms with Crippen LogP contribution in [0, 0.1) is 10.1 Å². The van der Waals surface area contributed by atoms with Gasteiger partial charge in [0.25, 0.3) is 11.2 Å². The average molecular weight is 581 g/mol. The van der Waals surface area contributed by atoms with Gasteiger partial charge < -0.3 is 19.9 Å². The molecule has 218 valence electrons. The Bertz CT molecular complexity index is 1950. The lowest BCUT2D eigenvalue weighted by Crippen LogP contribution is -2.44. The van der Waals surface area contributed by atoms with Crippen molar-refractivity contribution in [2.24, 2.45) is 0 Å². The molecular weight excluding hydrogens is 552 g/mol. The summed E-state index contributed by atoms with van der Waals surface area (Å²) >= 11 is 0. The van der Waals surface area contributed by atoms with Crippen LogP contribution >= 0.6 is 0 Å². The quantitative estimate of drug-likeness (QED) is 0.225. The van der Waals surface area contributed by atoms with Crippen LogP contribution in [0.5, 0.6) is 5.75 Å². The Morgan fingerprint density at radius 1 is 0.884 bits per heavy atom. The molecule has 0 atom stereocenters. The molecule has 1 N–H and O–H groups in total. The Hall–Kier alpha value is -5.56. The van der Waals surface area contributed by atoms with Crippen molar-refractivity contribution in [2.75, 3.05) is 50.6 Å². The van der Waals surface area contributed by atoms with Crippen molar-refractivity contribution in [3.05, 3.63) is 110 Å². The molecule has 1 saturated heterocycles. The predicted octanol–water partition coefficient (Wildman–Crippen LogP) is 3.34. The number of nitrogens with one attached hydrogen (secondary N) is 1. The van der Waals surface area contributed by atoms with Crippen molar-refractivity contribution < 1.29 is 9.66 Å². The SMILES string of the molecule is COc1cc(N2CCN(C)CC2)ccc1Nc1ncc2c(=O)n(-c3ccccc3)c(=O)n(-c3cccc([N+](=O)[O-])c3)c2n1. The molecule has 2 aromatic heterocycles. The third kappa shape index (κ3) is 5.28. The normalized spacial score (nSPS) is 13.7. The number of aromatic nitrogens is 4. The first-order valence-electron chi connectivity index (χ1n) is 13.6. The Morgan fingerprint density at radius 2 is 1.63 bits per heavy atom. The number of nitrogens with zero attached hydrogens (tertiary/aromatic N) is 7. The summed E-state index contributed by atoms with van der Waals surface area (Å²) in [5.74, 6) is 0.671. The second-order valence-corrected chi connectivity index (χ2v) is 10.1. The molecule has 3 aromatic carbocycles. The zero-order valence-corrected chi connectivity index (χ0v) is 23.5. The zero-order chi connectivity index (χ0) is 30.1. The molecule has 13 nitrogen and oxygen atoms in total. The van der Waals surface area contributed by atoms with Gasteiger partial charge in [0.2, 0.25) is 5.95 Å². The molecular formula is C30H28N8O5. The van der Waals surface area contributed by atoms with Gasteiger partial charge in [-0.2, -0.15) is 4.98 Å². The average Bonchev–Trinajstić information content (AvgIpc) is 3.02. The van der Waals surface area contributed by atoms with Crippen LogP contribution < -0.4 is 26.2 Å². The van der Waals surface area contributed by atoms with Crippen LogP contribution in [0.2, 0.25) is 0 Å². The topological polar surface area (TPSA) is 141 Å². The number of anilines is 3. The number of likely N-dealkylation sites (N-methyl/N-ethyl adjacent to an activating group) is 1. The minimum absolute atomic E-state index is 0.00629. The lowest BCUT2D eigenvalue weighted by Gasteiger charge is -2.34.